The lowest BCUT2D eigenvalue weighted by atomic mass is 9.67. The van der Waals surface area contributed by atoms with Gasteiger partial charge in [-0.1, -0.05) is 44.6 Å². The number of phenols is 1. The van der Waals surface area contributed by atoms with Gasteiger partial charge in [0.25, 0.3) is 0 Å². The zero-order chi connectivity index (χ0) is 20.5. The minimum atomic E-state index is -0.797. The number of fused-ring (bicyclic) bond motifs is 1. The first-order chi connectivity index (χ1) is 13.1. The SMILES string of the molecule is CC1=CC[C@@]2(C)CC[C@@](O)(C(C)C)[C@@H]2[C@@H](OC(=O)CCc2ccc(O)cc2)C1. The standard InChI is InChI=1S/C24H34O4/c1-16(2)24(27)14-13-23(4)12-11-17(3)15-20(22(23)24)28-21(26)10-7-18-5-8-19(25)9-6-18/h5-6,8-9,11,16,20,22,25,27H,7,10,12-15H2,1-4H3/t20-,22+,23-,24+/m0/s1. The maximum atomic E-state index is 12.7. The summed E-state index contributed by atoms with van der Waals surface area (Å²) in [5.41, 5.74) is 1.39. The molecule has 0 aliphatic heterocycles. The number of ether oxygens (including phenoxy) is 1. The molecule has 2 aliphatic rings. The molecule has 0 heterocycles. The molecule has 0 saturated heterocycles. The molecule has 1 aromatic rings. The molecule has 0 spiro atoms. The van der Waals surface area contributed by atoms with Crippen molar-refractivity contribution in [3.05, 3.63) is 41.5 Å². The van der Waals surface area contributed by atoms with Gasteiger partial charge in [-0.25, -0.2) is 0 Å². The molecule has 1 saturated carbocycles. The van der Waals surface area contributed by atoms with Crippen LogP contribution < -0.4 is 0 Å². The highest BCUT2D eigenvalue weighted by atomic mass is 16.5. The summed E-state index contributed by atoms with van der Waals surface area (Å²) in [6.07, 6.45) is 6.21. The lowest BCUT2D eigenvalue weighted by molar-refractivity contribution is -0.165. The summed E-state index contributed by atoms with van der Waals surface area (Å²) in [5, 5.41) is 20.9. The predicted octanol–water partition coefficient (Wildman–Crippen LogP) is 4.78. The van der Waals surface area contributed by atoms with Gasteiger partial charge in [-0.3, -0.25) is 4.79 Å². The van der Waals surface area contributed by atoms with E-state index in [4.69, 9.17) is 4.74 Å². The summed E-state index contributed by atoms with van der Waals surface area (Å²) >= 11 is 0. The fraction of sp³-hybridized carbons (Fsp3) is 0.625. The number of hydrogen-bond acceptors (Lipinski definition) is 4. The molecule has 2 aliphatic carbocycles. The number of benzene rings is 1. The van der Waals surface area contributed by atoms with Crippen LogP contribution in [-0.4, -0.2) is 27.9 Å². The van der Waals surface area contributed by atoms with E-state index in [-0.39, 0.29) is 35.1 Å². The number of rotatable bonds is 5. The van der Waals surface area contributed by atoms with Crippen molar-refractivity contribution in [2.75, 3.05) is 0 Å². The van der Waals surface area contributed by atoms with E-state index < -0.39 is 5.60 Å². The van der Waals surface area contributed by atoms with Crippen molar-refractivity contribution in [1.82, 2.24) is 0 Å². The van der Waals surface area contributed by atoms with Crippen molar-refractivity contribution in [2.24, 2.45) is 17.3 Å². The third kappa shape index (κ3) is 4.12. The van der Waals surface area contributed by atoms with Crippen LogP contribution in [-0.2, 0) is 16.0 Å². The highest BCUT2D eigenvalue weighted by molar-refractivity contribution is 5.70. The predicted molar refractivity (Wildman–Crippen MR) is 110 cm³/mol. The zero-order valence-electron chi connectivity index (χ0n) is 17.6. The smallest absolute Gasteiger partial charge is 0.306 e. The number of aryl methyl sites for hydroxylation is 1. The molecule has 28 heavy (non-hydrogen) atoms. The van der Waals surface area contributed by atoms with Gasteiger partial charge in [-0.15, -0.1) is 0 Å². The summed E-state index contributed by atoms with van der Waals surface area (Å²) in [6, 6.07) is 6.92. The van der Waals surface area contributed by atoms with Crippen molar-refractivity contribution < 1.29 is 19.7 Å². The Hall–Kier alpha value is -1.81. The van der Waals surface area contributed by atoms with Crippen LogP contribution in [0.1, 0.15) is 65.4 Å². The molecule has 2 N–H and O–H groups in total. The van der Waals surface area contributed by atoms with Crippen molar-refractivity contribution in [3.63, 3.8) is 0 Å². The van der Waals surface area contributed by atoms with Gasteiger partial charge in [-0.2, -0.15) is 0 Å². The molecular formula is C24H34O4. The minimum absolute atomic E-state index is 0.0430. The van der Waals surface area contributed by atoms with Gasteiger partial charge in [0.15, 0.2) is 0 Å². The molecule has 0 unspecified atom stereocenters. The fourth-order valence-corrected chi connectivity index (χ4v) is 5.22. The minimum Gasteiger partial charge on any atom is -0.508 e. The maximum absolute atomic E-state index is 12.7. The molecule has 4 nitrogen and oxygen atoms in total. The van der Waals surface area contributed by atoms with E-state index in [1.54, 1.807) is 12.1 Å². The molecule has 0 aromatic heterocycles. The molecule has 3 rings (SSSR count). The number of aromatic hydroxyl groups is 1. The summed E-state index contributed by atoms with van der Waals surface area (Å²) in [5.74, 6) is 0.0796. The molecular weight excluding hydrogens is 352 g/mol. The highest BCUT2D eigenvalue weighted by Crippen LogP contribution is 2.58. The van der Waals surface area contributed by atoms with E-state index in [9.17, 15) is 15.0 Å². The van der Waals surface area contributed by atoms with Crippen LogP contribution >= 0.6 is 0 Å². The quantitative estimate of drug-likeness (QED) is 0.564. The molecule has 4 atom stereocenters. The third-order valence-electron chi connectivity index (χ3n) is 7.03. The molecule has 0 amide bonds. The van der Waals surface area contributed by atoms with E-state index >= 15 is 0 Å². The lowest BCUT2D eigenvalue weighted by Gasteiger charge is -2.43. The van der Waals surface area contributed by atoms with Crippen molar-refractivity contribution in [2.45, 2.75) is 77.9 Å². The van der Waals surface area contributed by atoms with Crippen molar-refractivity contribution in [3.8, 4) is 5.75 Å². The Balaban J connectivity index is 1.74. The number of allylic oxidation sites excluding steroid dienone is 1. The average Bonchev–Trinajstić information content (AvgIpc) is 2.84. The Morgan fingerprint density at radius 1 is 1.25 bits per heavy atom. The lowest BCUT2D eigenvalue weighted by Crippen LogP contribution is -2.50. The van der Waals surface area contributed by atoms with Crippen LogP contribution in [0.5, 0.6) is 5.75 Å². The largest absolute Gasteiger partial charge is 0.508 e. The molecule has 1 aromatic carbocycles. The number of carbonyl (C=O) groups is 1. The summed E-state index contributed by atoms with van der Waals surface area (Å²) in [4.78, 5) is 12.7. The van der Waals surface area contributed by atoms with Crippen molar-refractivity contribution >= 4 is 5.97 Å². The summed E-state index contributed by atoms with van der Waals surface area (Å²) in [6.45, 7) is 8.47. The molecule has 0 radical (unpaired) electrons. The number of esters is 1. The Morgan fingerprint density at radius 2 is 1.93 bits per heavy atom. The van der Waals surface area contributed by atoms with Gasteiger partial charge in [-0.05, 0) is 61.6 Å². The van der Waals surface area contributed by atoms with E-state index in [1.165, 1.54) is 5.57 Å². The number of aliphatic hydroxyl groups is 1. The number of carbonyl (C=O) groups excluding carboxylic acids is 1. The Labute approximate surface area is 168 Å². The molecule has 1 fully saturated rings. The van der Waals surface area contributed by atoms with Crippen LogP contribution in [0, 0.1) is 17.3 Å². The zero-order valence-corrected chi connectivity index (χ0v) is 17.6. The van der Waals surface area contributed by atoms with E-state index in [0.29, 0.717) is 19.3 Å². The summed E-state index contributed by atoms with van der Waals surface area (Å²) in [7, 11) is 0. The van der Waals surface area contributed by atoms with Gasteiger partial charge in [0, 0.05) is 18.8 Å². The van der Waals surface area contributed by atoms with Crippen LogP contribution in [0.3, 0.4) is 0 Å². The topological polar surface area (TPSA) is 66.8 Å². The molecule has 4 heteroatoms. The Kier molecular flexibility index (Phi) is 5.90. The van der Waals surface area contributed by atoms with E-state index in [0.717, 1.165) is 24.8 Å². The first-order valence-electron chi connectivity index (χ1n) is 10.5. The van der Waals surface area contributed by atoms with Crippen LogP contribution in [0.25, 0.3) is 0 Å². The first kappa shape index (κ1) is 20.9. The van der Waals surface area contributed by atoms with Crippen LogP contribution in [0.15, 0.2) is 35.9 Å². The Bertz CT molecular complexity index is 735. The first-order valence-corrected chi connectivity index (χ1v) is 10.5. The Morgan fingerprint density at radius 3 is 2.57 bits per heavy atom. The number of hydrogen-bond donors (Lipinski definition) is 2. The van der Waals surface area contributed by atoms with Crippen LogP contribution in [0.2, 0.25) is 0 Å². The molecule has 154 valence electrons. The van der Waals surface area contributed by atoms with Crippen LogP contribution in [0.4, 0.5) is 0 Å². The highest BCUT2D eigenvalue weighted by Gasteiger charge is 2.59. The van der Waals surface area contributed by atoms with Gasteiger partial charge in [0.2, 0.25) is 0 Å². The second-order valence-electron chi connectivity index (χ2n) is 9.43. The average molecular weight is 387 g/mol. The second kappa shape index (κ2) is 7.90. The van der Waals surface area contributed by atoms with Gasteiger partial charge < -0.3 is 14.9 Å². The van der Waals surface area contributed by atoms with E-state index in [1.807, 2.05) is 12.1 Å². The third-order valence-corrected chi connectivity index (χ3v) is 7.03. The summed E-state index contributed by atoms with van der Waals surface area (Å²) < 4.78 is 6.02. The van der Waals surface area contributed by atoms with Gasteiger partial charge in [0.05, 0.1) is 5.60 Å². The van der Waals surface area contributed by atoms with Gasteiger partial charge >= 0.3 is 5.97 Å². The molecule has 0 bridgehead atoms. The normalized spacial score (nSPS) is 32.6. The van der Waals surface area contributed by atoms with E-state index in [2.05, 4.69) is 33.8 Å². The van der Waals surface area contributed by atoms with Gasteiger partial charge in [0.1, 0.15) is 11.9 Å². The maximum Gasteiger partial charge on any atom is 0.306 e. The fourth-order valence-electron chi connectivity index (χ4n) is 5.22. The number of phenolic OH excluding ortho intramolecular Hbond substituents is 1. The van der Waals surface area contributed by atoms with Crippen molar-refractivity contribution in [1.29, 1.82) is 0 Å². The second-order valence-corrected chi connectivity index (χ2v) is 9.43. The monoisotopic (exact) mass is 386 g/mol.